The van der Waals surface area contributed by atoms with Crippen LogP contribution in [0.4, 0.5) is 0 Å². The highest BCUT2D eigenvalue weighted by Gasteiger charge is 2.16. The largest absolute Gasteiger partial charge is 0.418 e. The number of ether oxygens (including phenoxy) is 1. The number of hydrogen-bond donors (Lipinski definition) is 2. The van der Waals surface area contributed by atoms with Gasteiger partial charge in [0.2, 0.25) is 0 Å². The topological polar surface area (TPSA) is 81.4 Å². The van der Waals surface area contributed by atoms with Crippen LogP contribution < -0.4 is 16.0 Å². The van der Waals surface area contributed by atoms with E-state index >= 15 is 0 Å². The summed E-state index contributed by atoms with van der Waals surface area (Å²) in [5, 5.41) is 0. The lowest BCUT2D eigenvalue weighted by Gasteiger charge is -2.05. The predicted molar refractivity (Wildman–Crippen MR) is 59.8 cm³/mol. The fourth-order valence-electron chi connectivity index (χ4n) is 0.768. The van der Waals surface area contributed by atoms with Crippen molar-refractivity contribution in [1.29, 1.82) is 0 Å². The van der Waals surface area contributed by atoms with Crippen molar-refractivity contribution in [1.82, 2.24) is 5.43 Å². The van der Waals surface area contributed by atoms with Crippen molar-refractivity contribution in [2.24, 2.45) is 5.84 Å². The number of halogens is 2. The number of nitrogens with one attached hydrogen (secondary N) is 1. The number of esters is 1. The van der Waals surface area contributed by atoms with Crippen LogP contribution in [-0.4, -0.2) is 11.9 Å². The summed E-state index contributed by atoms with van der Waals surface area (Å²) >= 11 is 6.42. The molecule has 1 aromatic carbocycles. The third-order valence-corrected chi connectivity index (χ3v) is 3.45. The third-order valence-electron chi connectivity index (χ3n) is 1.44. The van der Waals surface area contributed by atoms with E-state index in [1.807, 2.05) is 0 Å². The molecule has 0 aliphatic rings. The van der Waals surface area contributed by atoms with Gasteiger partial charge in [0.05, 0.1) is 4.47 Å². The number of hydrogen-bond acceptors (Lipinski definition) is 4. The molecule has 0 saturated heterocycles. The van der Waals surface area contributed by atoms with Crippen LogP contribution in [0.3, 0.4) is 0 Å². The van der Waals surface area contributed by atoms with Gasteiger partial charge in [0.15, 0.2) is 0 Å². The van der Waals surface area contributed by atoms with E-state index in [0.29, 0.717) is 8.95 Å². The SMILES string of the molecule is NNC(=O)C(=O)Oc1cccc(Br)c1Br. The first-order chi connectivity index (χ1) is 7.06. The summed E-state index contributed by atoms with van der Waals surface area (Å²) < 4.78 is 6.02. The smallest absolute Gasteiger partial charge is 0.403 e. The number of carbonyl (C=O) groups excluding carboxylic acids is 2. The molecule has 7 heteroatoms. The molecule has 1 rings (SSSR count). The van der Waals surface area contributed by atoms with Gasteiger partial charge in [0, 0.05) is 4.47 Å². The van der Waals surface area contributed by atoms with Crippen LogP contribution in [0.1, 0.15) is 0 Å². The van der Waals surface area contributed by atoms with Crippen LogP contribution in [-0.2, 0) is 9.59 Å². The number of nitrogens with two attached hydrogens (primary N) is 1. The van der Waals surface area contributed by atoms with E-state index in [1.165, 1.54) is 6.07 Å². The molecule has 3 N–H and O–H groups in total. The van der Waals surface area contributed by atoms with Gasteiger partial charge < -0.3 is 4.74 Å². The fourth-order valence-corrected chi connectivity index (χ4v) is 1.46. The Morgan fingerprint density at radius 1 is 1.33 bits per heavy atom. The van der Waals surface area contributed by atoms with Crippen LogP contribution in [0, 0.1) is 0 Å². The Bertz CT molecular complexity index is 409. The lowest BCUT2D eigenvalue weighted by molar-refractivity contribution is -0.148. The summed E-state index contributed by atoms with van der Waals surface area (Å²) in [6, 6.07) is 4.96. The van der Waals surface area contributed by atoms with Crippen molar-refractivity contribution in [2.45, 2.75) is 0 Å². The van der Waals surface area contributed by atoms with Crippen LogP contribution in [0.25, 0.3) is 0 Å². The summed E-state index contributed by atoms with van der Waals surface area (Å²) in [5.41, 5.74) is 1.68. The van der Waals surface area contributed by atoms with Crippen LogP contribution in [0.5, 0.6) is 5.75 Å². The predicted octanol–water partition coefficient (Wildman–Crippen LogP) is 1.11. The number of benzene rings is 1. The van der Waals surface area contributed by atoms with Crippen molar-refractivity contribution in [2.75, 3.05) is 0 Å². The maximum absolute atomic E-state index is 11.1. The normalized spacial score (nSPS) is 9.53. The van der Waals surface area contributed by atoms with E-state index in [1.54, 1.807) is 17.6 Å². The van der Waals surface area contributed by atoms with Gasteiger partial charge in [0.25, 0.3) is 0 Å². The number of hydrazine groups is 1. The minimum Gasteiger partial charge on any atom is -0.418 e. The monoisotopic (exact) mass is 336 g/mol. The summed E-state index contributed by atoms with van der Waals surface area (Å²) in [6.45, 7) is 0. The van der Waals surface area contributed by atoms with Gasteiger partial charge in [-0.1, -0.05) is 6.07 Å². The van der Waals surface area contributed by atoms with Crippen molar-refractivity contribution < 1.29 is 14.3 Å². The lowest BCUT2D eigenvalue weighted by atomic mass is 10.3. The molecule has 0 aliphatic carbocycles. The first kappa shape index (κ1) is 12.2. The quantitative estimate of drug-likeness (QED) is 0.201. The maximum atomic E-state index is 11.1. The highest BCUT2D eigenvalue weighted by molar-refractivity contribution is 9.13. The van der Waals surface area contributed by atoms with E-state index < -0.39 is 11.9 Å². The van der Waals surface area contributed by atoms with E-state index in [9.17, 15) is 9.59 Å². The Kier molecular flexibility index (Phi) is 4.25. The van der Waals surface area contributed by atoms with Crippen molar-refractivity contribution in [3.05, 3.63) is 27.1 Å². The highest BCUT2D eigenvalue weighted by Crippen LogP contribution is 2.32. The van der Waals surface area contributed by atoms with Gasteiger partial charge in [-0.2, -0.15) is 0 Å². The van der Waals surface area contributed by atoms with Gasteiger partial charge in [-0.3, -0.25) is 10.2 Å². The molecule has 1 aromatic rings. The molecule has 0 aromatic heterocycles. The van der Waals surface area contributed by atoms with E-state index in [2.05, 4.69) is 31.9 Å². The van der Waals surface area contributed by atoms with Crippen LogP contribution in [0.2, 0.25) is 0 Å². The molecule has 0 aliphatic heterocycles. The van der Waals surface area contributed by atoms with Gasteiger partial charge in [-0.15, -0.1) is 0 Å². The second-order valence-corrected chi connectivity index (χ2v) is 4.06. The zero-order valence-corrected chi connectivity index (χ0v) is 10.5. The summed E-state index contributed by atoms with van der Waals surface area (Å²) in [7, 11) is 0. The Morgan fingerprint density at radius 3 is 2.60 bits per heavy atom. The average molecular weight is 338 g/mol. The summed E-state index contributed by atoms with van der Waals surface area (Å²) in [5.74, 6) is 2.92. The fraction of sp³-hybridized carbons (Fsp3) is 0. The minimum atomic E-state index is -1.07. The summed E-state index contributed by atoms with van der Waals surface area (Å²) in [4.78, 5) is 21.8. The molecule has 15 heavy (non-hydrogen) atoms. The molecule has 1 amide bonds. The van der Waals surface area contributed by atoms with E-state index in [4.69, 9.17) is 10.6 Å². The third kappa shape index (κ3) is 3.01. The second kappa shape index (κ2) is 5.24. The molecule has 0 radical (unpaired) electrons. The molecule has 0 saturated carbocycles. The summed E-state index contributed by atoms with van der Waals surface area (Å²) in [6.07, 6.45) is 0. The number of amides is 1. The Morgan fingerprint density at radius 2 is 2.00 bits per heavy atom. The van der Waals surface area contributed by atoms with E-state index in [-0.39, 0.29) is 5.75 Å². The number of rotatable bonds is 1. The van der Waals surface area contributed by atoms with Crippen LogP contribution in [0.15, 0.2) is 27.1 Å². The first-order valence-electron chi connectivity index (χ1n) is 3.73. The molecule has 5 nitrogen and oxygen atoms in total. The van der Waals surface area contributed by atoms with Gasteiger partial charge >= 0.3 is 11.9 Å². The zero-order valence-electron chi connectivity index (χ0n) is 7.29. The second-order valence-electron chi connectivity index (χ2n) is 2.41. The van der Waals surface area contributed by atoms with Crippen molar-refractivity contribution in [3.63, 3.8) is 0 Å². The molecule has 80 valence electrons. The molecule has 0 bridgehead atoms. The molecule has 0 heterocycles. The Labute approximate surface area is 102 Å². The van der Waals surface area contributed by atoms with Gasteiger partial charge in [0.1, 0.15) is 5.75 Å². The van der Waals surface area contributed by atoms with Crippen LogP contribution >= 0.6 is 31.9 Å². The average Bonchev–Trinajstić information content (AvgIpc) is 2.23. The van der Waals surface area contributed by atoms with Crippen molar-refractivity contribution in [3.8, 4) is 5.75 Å². The zero-order chi connectivity index (χ0) is 11.4. The molecule has 0 atom stereocenters. The van der Waals surface area contributed by atoms with Gasteiger partial charge in [-0.25, -0.2) is 10.6 Å². The molecule has 0 fully saturated rings. The van der Waals surface area contributed by atoms with Crippen molar-refractivity contribution >= 4 is 43.7 Å². The molecule has 0 unspecified atom stereocenters. The maximum Gasteiger partial charge on any atom is 0.403 e. The van der Waals surface area contributed by atoms with Gasteiger partial charge in [-0.05, 0) is 44.0 Å². The molecule has 0 spiro atoms. The standard InChI is InChI=1S/C8H6Br2N2O3/c9-4-2-1-3-5(6(4)10)15-8(14)7(13)12-11/h1-3H,11H2,(H,12,13). The minimum absolute atomic E-state index is 0.234. The first-order valence-corrected chi connectivity index (χ1v) is 5.31. The molecular formula is C8H6Br2N2O3. The lowest BCUT2D eigenvalue weighted by Crippen LogP contribution is -2.38. The highest BCUT2D eigenvalue weighted by atomic mass is 79.9. The van der Waals surface area contributed by atoms with E-state index in [0.717, 1.165) is 0 Å². The number of carbonyl (C=O) groups is 2. The Hall–Kier alpha value is -0.920. The molecular weight excluding hydrogens is 332 g/mol. The Balaban J connectivity index is 2.86.